The topological polar surface area (TPSA) is 82.8 Å². The van der Waals surface area contributed by atoms with Crippen LogP contribution in [0.3, 0.4) is 0 Å². The Bertz CT molecular complexity index is 780. The van der Waals surface area contributed by atoms with Crippen molar-refractivity contribution >= 4 is 23.2 Å². The molecule has 29 heavy (non-hydrogen) atoms. The van der Waals surface area contributed by atoms with Gasteiger partial charge in [-0.15, -0.1) is 11.3 Å². The number of hydrogen-bond donors (Lipinski definition) is 0. The summed E-state index contributed by atoms with van der Waals surface area (Å²) in [6.07, 6.45) is 1.75. The Morgan fingerprint density at radius 2 is 1.97 bits per heavy atom. The van der Waals surface area contributed by atoms with Gasteiger partial charge in [-0.05, 0) is 31.7 Å². The molecule has 0 aliphatic carbocycles. The maximum atomic E-state index is 12.5. The Labute approximate surface area is 175 Å². The van der Waals surface area contributed by atoms with Crippen LogP contribution in [0.25, 0.3) is 10.7 Å². The van der Waals surface area contributed by atoms with Crippen LogP contribution in [0.15, 0.2) is 22.0 Å². The summed E-state index contributed by atoms with van der Waals surface area (Å²) in [5.74, 6) is 1.49. The Kier molecular flexibility index (Phi) is 7.76. The van der Waals surface area contributed by atoms with Gasteiger partial charge in [0, 0.05) is 52.1 Å². The molecule has 0 saturated carbocycles. The molecule has 3 rings (SSSR count). The zero-order valence-electron chi connectivity index (χ0n) is 17.2. The van der Waals surface area contributed by atoms with E-state index >= 15 is 0 Å². The number of likely N-dealkylation sites (N-methyl/N-ethyl adjacent to an activating group) is 1. The standard InChI is InChI=1S/C20H29N5O3S/c1-3-24(4-2)19(27)15-23-10-12-25(13-11-23)18(26)9-5-8-17-21-20(22-28-17)16-7-6-14-29-16/h6-7,14H,3-5,8-13,15H2,1-2H3. The highest BCUT2D eigenvalue weighted by atomic mass is 32.1. The normalized spacial score (nSPS) is 14.9. The molecule has 8 nitrogen and oxygen atoms in total. The average molecular weight is 420 g/mol. The molecule has 1 fully saturated rings. The molecule has 2 aromatic rings. The molecule has 0 bridgehead atoms. The van der Waals surface area contributed by atoms with Crippen molar-refractivity contribution in [3.05, 3.63) is 23.4 Å². The number of hydrogen-bond acceptors (Lipinski definition) is 7. The number of thiophene rings is 1. The zero-order valence-corrected chi connectivity index (χ0v) is 18.0. The van der Waals surface area contributed by atoms with Gasteiger partial charge < -0.3 is 14.3 Å². The SMILES string of the molecule is CCN(CC)C(=O)CN1CCN(C(=O)CCCc2nc(-c3cccs3)no2)CC1. The molecule has 1 saturated heterocycles. The number of nitrogens with zero attached hydrogens (tertiary/aromatic N) is 5. The molecule has 0 N–H and O–H groups in total. The summed E-state index contributed by atoms with van der Waals surface area (Å²) in [4.78, 5) is 35.9. The van der Waals surface area contributed by atoms with Crippen LogP contribution in [0.5, 0.6) is 0 Å². The molecule has 0 spiro atoms. The molecular formula is C20H29N5O3S. The lowest BCUT2D eigenvalue weighted by atomic mass is 10.2. The van der Waals surface area contributed by atoms with Crippen LogP contribution in [0.2, 0.25) is 0 Å². The monoisotopic (exact) mass is 419 g/mol. The van der Waals surface area contributed by atoms with Gasteiger partial charge in [-0.2, -0.15) is 4.98 Å². The van der Waals surface area contributed by atoms with Gasteiger partial charge in [-0.3, -0.25) is 14.5 Å². The maximum absolute atomic E-state index is 12.5. The van der Waals surface area contributed by atoms with E-state index in [-0.39, 0.29) is 11.8 Å². The first kappa shape index (κ1) is 21.4. The Hall–Kier alpha value is -2.26. The lowest BCUT2D eigenvalue weighted by Gasteiger charge is -2.35. The van der Waals surface area contributed by atoms with Crippen LogP contribution >= 0.6 is 11.3 Å². The van der Waals surface area contributed by atoms with Crippen molar-refractivity contribution in [3.63, 3.8) is 0 Å². The van der Waals surface area contributed by atoms with E-state index in [0.29, 0.717) is 50.6 Å². The third-order valence-corrected chi connectivity index (χ3v) is 6.06. The van der Waals surface area contributed by atoms with Gasteiger partial charge in [0.2, 0.25) is 23.5 Å². The average Bonchev–Trinajstić information content (AvgIpc) is 3.41. The second kappa shape index (κ2) is 10.5. The highest BCUT2D eigenvalue weighted by Crippen LogP contribution is 2.21. The fourth-order valence-corrected chi connectivity index (χ4v) is 4.08. The molecule has 158 valence electrons. The van der Waals surface area contributed by atoms with E-state index in [1.807, 2.05) is 41.2 Å². The molecule has 9 heteroatoms. The fraction of sp³-hybridized carbons (Fsp3) is 0.600. The highest BCUT2D eigenvalue weighted by molar-refractivity contribution is 7.13. The third kappa shape index (κ3) is 5.86. The Morgan fingerprint density at radius 1 is 1.21 bits per heavy atom. The van der Waals surface area contributed by atoms with E-state index < -0.39 is 0 Å². The molecule has 2 aromatic heterocycles. The minimum absolute atomic E-state index is 0.151. The third-order valence-electron chi connectivity index (χ3n) is 5.19. The van der Waals surface area contributed by atoms with E-state index in [1.165, 1.54) is 0 Å². The van der Waals surface area contributed by atoms with Gasteiger partial charge in [0.25, 0.3) is 0 Å². The summed E-state index contributed by atoms with van der Waals surface area (Å²) in [6.45, 7) is 8.74. The Morgan fingerprint density at radius 3 is 2.62 bits per heavy atom. The van der Waals surface area contributed by atoms with Crippen molar-refractivity contribution in [1.29, 1.82) is 0 Å². The number of rotatable bonds is 9. The van der Waals surface area contributed by atoms with Gasteiger partial charge >= 0.3 is 0 Å². The smallest absolute Gasteiger partial charge is 0.236 e. The molecular weight excluding hydrogens is 390 g/mol. The molecule has 2 amide bonds. The van der Waals surface area contributed by atoms with Gasteiger partial charge in [-0.1, -0.05) is 11.2 Å². The van der Waals surface area contributed by atoms with Crippen molar-refractivity contribution in [2.75, 3.05) is 45.8 Å². The summed E-state index contributed by atoms with van der Waals surface area (Å²) in [5.41, 5.74) is 0. The molecule has 0 atom stereocenters. The van der Waals surface area contributed by atoms with E-state index in [4.69, 9.17) is 4.52 Å². The van der Waals surface area contributed by atoms with Crippen molar-refractivity contribution in [2.45, 2.75) is 33.1 Å². The quantitative estimate of drug-likeness (QED) is 0.619. The van der Waals surface area contributed by atoms with Crippen molar-refractivity contribution in [2.24, 2.45) is 0 Å². The number of amides is 2. The van der Waals surface area contributed by atoms with Gasteiger partial charge in [-0.25, -0.2) is 0 Å². The van der Waals surface area contributed by atoms with E-state index in [2.05, 4.69) is 15.0 Å². The van der Waals surface area contributed by atoms with Crippen LogP contribution in [0.1, 0.15) is 32.6 Å². The molecule has 0 unspecified atom stereocenters. The summed E-state index contributed by atoms with van der Waals surface area (Å²) >= 11 is 1.57. The van der Waals surface area contributed by atoms with Gasteiger partial charge in [0.1, 0.15) is 0 Å². The summed E-state index contributed by atoms with van der Waals surface area (Å²) in [6, 6.07) is 3.91. The highest BCUT2D eigenvalue weighted by Gasteiger charge is 2.23. The maximum Gasteiger partial charge on any atom is 0.236 e. The number of piperazine rings is 1. The number of carbonyl (C=O) groups is 2. The van der Waals surface area contributed by atoms with Crippen molar-refractivity contribution in [3.8, 4) is 10.7 Å². The zero-order chi connectivity index (χ0) is 20.6. The first-order chi connectivity index (χ1) is 14.1. The lowest BCUT2D eigenvalue weighted by Crippen LogP contribution is -2.51. The van der Waals surface area contributed by atoms with Gasteiger partial charge in [0.15, 0.2) is 0 Å². The van der Waals surface area contributed by atoms with Crippen LogP contribution < -0.4 is 0 Å². The second-order valence-electron chi connectivity index (χ2n) is 7.07. The summed E-state index contributed by atoms with van der Waals surface area (Å²) in [7, 11) is 0. The second-order valence-corrected chi connectivity index (χ2v) is 8.01. The summed E-state index contributed by atoms with van der Waals surface area (Å²) < 4.78 is 5.28. The molecule has 1 aliphatic heterocycles. The van der Waals surface area contributed by atoms with Crippen LogP contribution in [0, 0.1) is 0 Å². The lowest BCUT2D eigenvalue weighted by molar-refractivity contribution is -0.135. The number of aromatic nitrogens is 2. The van der Waals surface area contributed by atoms with Crippen LogP contribution in [-0.4, -0.2) is 82.5 Å². The van der Waals surface area contributed by atoms with Crippen molar-refractivity contribution < 1.29 is 14.1 Å². The minimum atomic E-state index is 0.151. The molecule has 0 aromatic carbocycles. The minimum Gasteiger partial charge on any atom is -0.342 e. The van der Waals surface area contributed by atoms with E-state index in [0.717, 1.165) is 31.1 Å². The fourth-order valence-electron chi connectivity index (χ4n) is 3.43. The molecule has 1 aliphatic rings. The van der Waals surface area contributed by atoms with Gasteiger partial charge in [0.05, 0.1) is 11.4 Å². The van der Waals surface area contributed by atoms with E-state index in [1.54, 1.807) is 11.3 Å². The predicted molar refractivity (Wildman–Crippen MR) is 111 cm³/mol. The predicted octanol–water partition coefficient (Wildman–Crippen LogP) is 2.13. The van der Waals surface area contributed by atoms with Crippen LogP contribution in [-0.2, 0) is 16.0 Å². The summed E-state index contributed by atoms with van der Waals surface area (Å²) in [5, 5.41) is 5.97. The molecule has 3 heterocycles. The van der Waals surface area contributed by atoms with E-state index in [9.17, 15) is 9.59 Å². The number of aryl methyl sites for hydroxylation is 1. The molecule has 0 radical (unpaired) electrons. The first-order valence-corrected chi connectivity index (χ1v) is 11.1. The largest absolute Gasteiger partial charge is 0.342 e. The number of carbonyl (C=O) groups excluding carboxylic acids is 2. The Balaban J connectivity index is 1.36. The van der Waals surface area contributed by atoms with Crippen molar-refractivity contribution in [1.82, 2.24) is 24.8 Å². The first-order valence-electron chi connectivity index (χ1n) is 10.2. The van der Waals surface area contributed by atoms with Crippen LogP contribution in [0.4, 0.5) is 0 Å².